The maximum absolute atomic E-state index is 13.4. The van der Waals surface area contributed by atoms with Gasteiger partial charge in [-0.05, 0) is 66.7 Å². The molecule has 0 saturated heterocycles. The number of sulfonamides is 1. The van der Waals surface area contributed by atoms with E-state index in [0.29, 0.717) is 33.6 Å². The van der Waals surface area contributed by atoms with Crippen LogP contribution in [0.25, 0.3) is 27.6 Å². The molecule has 1 aliphatic heterocycles. The highest BCUT2D eigenvalue weighted by atomic mass is 32.2. The number of hydrazone groups is 1. The van der Waals surface area contributed by atoms with Gasteiger partial charge in [0.1, 0.15) is 17.5 Å². The second-order valence-electron chi connectivity index (χ2n) is 8.56. The summed E-state index contributed by atoms with van der Waals surface area (Å²) >= 11 is 0. The summed E-state index contributed by atoms with van der Waals surface area (Å²) in [6.45, 7) is 3.14. The molecule has 0 spiro atoms. The number of para-hydroxylation sites is 1. The number of tetrazole rings is 1. The van der Waals surface area contributed by atoms with Crippen molar-refractivity contribution in [2.75, 3.05) is 5.01 Å². The molecule has 5 aromatic rings. The van der Waals surface area contributed by atoms with Crippen LogP contribution in [-0.4, -0.2) is 45.8 Å². The quantitative estimate of drug-likeness (QED) is 0.391. The molecule has 1 aliphatic rings. The first-order valence-electron chi connectivity index (χ1n) is 11.0. The zero-order valence-electron chi connectivity index (χ0n) is 19.2. The summed E-state index contributed by atoms with van der Waals surface area (Å²) in [6.07, 6.45) is 1.47. The number of furan rings is 1. The molecule has 12 heteroatoms. The zero-order chi connectivity index (χ0) is 25.1. The van der Waals surface area contributed by atoms with Gasteiger partial charge in [0, 0.05) is 16.8 Å². The Morgan fingerprint density at radius 3 is 2.50 bits per heavy atom. The number of hydrogen-bond acceptors (Lipinski definition) is 8. The third kappa shape index (κ3) is 3.38. The van der Waals surface area contributed by atoms with Crippen LogP contribution < -0.4 is 9.73 Å². The Labute approximate surface area is 205 Å². The van der Waals surface area contributed by atoms with Gasteiger partial charge in [-0.2, -0.15) is 14.8 Å². The van der Waals surface area contributed by atoms with E-state index in [-0.39, 0.29) is 4.90 Å². The van der Waals surface area contributed by atoms with Crippen LogP contribution in [0.2, 0.25) is 0 Å². The average molecular weight is 502 g/mol. The number of carbonyl (C=O) groups is 1. The van der Waals surface area contributed by atoms with Crippen LogP contribution >= 0.6 is 0 Å². The molecule has 0 radical (unpaired) electrons. The van der Waals surface area contributed by atoms with Gasteiger partial charge < -0.3 is 4.42 Å². The van der Waals surface area contributed by atoms with Crippen LogP contribution in [0.1, 0.15) is 13.8 Å². The first-order valence-corrected chi connectivity index (χ1v) is 12.4. The lowest BCUT2D eigenvalue weighted by Crippen LogP contribution is -2.56. The van der Waals surface area contributed by atoms with E-state index in [1.807, 2.05) is 18.2 Å². The number of fused-ring (bicyclic) bond motifs is 3. The smallest absolute Gasteiger partial charge is 0.274 e. The highest BCUT2D eigenvalue weighted by Crippen LogP contribution is 2.33. The predicted molar refractivity (Wildman–Crippen MR) is 132 cm³/mol. The molecular formula is C24H19N7O4S. The van der Waals surface area contributed by atoms with Crippen molar-refractivity contribution < 1.29 is 17.6 Å². The van der Waals surface area contributed by atoms with E-state index >= 15 is 0 Å². The lowest BCUT2D eigenvalue weighted by atomic mass is 9.98. The number of anilines is 1. The Morgan fingerprint density at radius 1 is 0.944 bits per heavy atom. The highest BCUT2D eigenvalue weighted by molar-refractivity contribution is 7.89. The van der Waals surface area contributed by atoms with Crippen molar-refractivity contribution in [2.45, 2.75) is 24.3 Å². The van der Waals surface area contributed by atoms with E-state index in [1.54, 1.807) is 43.3 Å². The van der Waals surface area contributed by atoms with Crippen molar-refractivity contribution in [1.29, 1.82) is 0 Å². The van der Waals surface area contributed by atoms with Gasteiger partial charge in [0.15, 0.2) is 5.54 Å². The molecule has 1 atom stereocenters. The minimum atomic E-state index is -4.11. The van der Waals surface area contributed by atoms with Crippen LogP contribution in [0.4, 0.5) is 5.69 Å². The summed E-state index contributed by atoms with van der Waals surface area (Å²) in [5.74, 6) is -0.486. The molecule has 6 rings (SSSR count). The van der Waals surface area contributed by atoms with Crippen molar-refractivity contribution in [2.24, 2.45) is 5.10 Å². The van der Waals surface area contributed by atoms with Gasteiger partial charge >= 0.3 is 0 Å². The summed E-state index contributed by atoms with van der Waals surface area (Å²) in [7, 11) is -4.11. The normalized spacial score (nSPS) is 18.3. The molecule has 3 aromatic carbocycles. The van der Waals surface area contributed by atoms with Gasteiger partial charge in [-0.15, -0.1) is 5.10 Å². The molecule has 36 heavy (non-hydrogen) atoms. The maximum atomic E-state index is 13.4. The third-order valence-corrected chi connectivity index (χ3v) is 7.83. The van der Waals surface area contributed by atoms with E-state index in [0.717, 1.165) is 5.39 Å². The molecule has 180 valence electrons. The van der Waals surface area contributed by atoms with Crippen molar-refractivity contribution in [1.82, 2.24) is 24.9 Å². The number of aromatic nitrogens is 4. The Hall–Kier alpha value is -4.42. The summed E-state index contributed by atoms with van der Waals surface area (Å²) in [5.41, 5.74) is 1.13. The second kappa shape index (κ2) is 7.80. The van der Waals surface area contributed by atoms with E-state index in [4.69, 9.17) is 4.42 Å². The first kappa shape index (κ1) is 22.1. The minimum absolute atomic E-state index is 0.00207. The van der Waals surface area contributed by atoms with Crippen LogP contribution in [0.15, 0.2) is 87.5 Å². The Morgan fingerprint density at radius 2 is 1.75 bits per heavy atom. The van der Waals surface area contributed by atoms with Gasteiger partial charge in [-0.3, -0.25) is 4.79 Å². The van der Waals surface area contributed by atoms with Gasteiger partial charge in [-0.1, -0.05) is 18.2 Å². The Bertz CT molecular complexity index is 1780. The first-order chi connectivity index (χ1) is 17.3. The molecule has 11 nitrogen and oxygen atoms in total. The van der Waals surface area contributed by atoms with Gasteiger partial charge in [-0.25, -0.2) is 13.1 Å². The molecule has 0 fully saturated rings. The SMILES string of the molecule is CC1=NN(c2ccccc2)C(=O)C1(C)NS(=O)(=O)c1ccc2oc3cc(-n4cnnn4)ccc3c2c1. The third-order valence-electron chi connectivity index (χ3n) is 6.28. The van der Waals surface area contributed by atoms with E-state index in [1.165, 1.54) is 35.1 Å². The van der Waals surface area contributed by atoms with Gasteiger partial charge in [0.2, 0.25) is 10.0 Å². The molecule has 0 saturated carbocycles. The lowest BCUT2D eigenvalue weighted by Gasteiger charge is -2.24. The van der Waals surface area contributed by atoms with E-state index < -0.39 is 21.5 Å². The number of benzene rings is 3. The lowest BCUT2D eigenvalue weighted by molar-refractivity contribution is -0.120. The maximum Gasteiger partial charge on any atom is 0.274 e. The number of nitrogens with one attached hydrogen (secondary N) is 1. The number of nitrogens with zero attached hydrogens (tertiary/aromatic N) is 6. The van der Waals surface area contributed by atoms with Gasteiger partial charge in [0.25, 0.3) is 5.91 Å². The second-order valence-corrected chi connectivity index (χ2v) is 10.2. The Balaban J connectivity index is 1.35. The fourth-order valence-electron chi connectivity index (χ4n) is 4.19. The van der Waals surface area contributed by atoms with Crippen LogP contribution in [0, 0.1) is 0 Å². The molecule has 3 heterocycles. The van der Waals surface area contributed by atoms with Crippen molar-refractivity contribution in [3.05, 3.63) is 73.1 Å². The topological polar surface area (TPSA) is 136 Å². The van der Waals surface area contributed by atoms with Crippen LogP contribution in [0.3, 0.4) is 0 Å². The summed E-state index contributed by atoms with van der Waals surface area (Å²) < 4.78 is 36.9. The summed E-state index contributed by atoms with van der Waals surface area (Å²) in [4.78, 5) is 13.3. The number of rotatable bonds is 5. The minimum Gasteiger partial charge on any atom is -0.456 e. The number of hydrogen-bond donors (Lipinski definition) is 1. The monoisotopic (exact) mass is 501 g/mol. The van der Waals surface area contributed by atoms with E-state index in [9.17, 15) is 13.2 Å². The average Bonchev–Trinajstić information content (AvgIpc) is 3.58. The van der Waals surface area contributed by atoms with Crippen molar-refractivity contribution in [3.63, 3.8) is 0 Å². The molecular weight excluding hydrogens is 482 g/mol. The molecule has 2 aromatic heterocycles. The van der Waals surface area contributed by atoms with Crippen LogP contribution in [-0.2, 0) is 14.8 Å². The Kier molecular flexibility index (Phi) is 4.78. The standard InChI is InChI=1S/C24H19N7O4S/c1-15-24(2,23(32)31(26-15)16-6-4-3-5-7-16)27-36(33,34)18-9-11-21-20(13-18)19-10-8-17(12-22(19)35-21)30-14-25-28-29-30/h3-14,27H,1-2H3. The van der Waals surface area contributed by atoms with Gasteiger partial charge in [0.05, 0.1) is 22.0 Å². The summed E-state index contributed by atoms with van der Waals surface area (Å²) in [6, 6.07) is 18.8. The fraction of sp³-hybridized carbons (Fsp3) is 0.125. The van der Waals surface area contributed by atoms with Crippen molar-refractivity contribution >= 4 is 49.3 Å². The predicted octanol–water partition coefficient (Wildman–Crippen LogP) is 3.02. The fourth-order valence-corrected chi connectivity index (χ4v) is 5.60. The highest BCUT2D eigenvalue weighted by Gasteiger charge is 2.48. The van der Waals surface area contributed by atoms with E-state index in [2.05, 4.69) is 25.3 Å². The number of amides is 1. The zero-order valence-corrected chi connectivity index (χ0v) is 20.0. The van der Waals surface area contributed by atoms with Crippen LogP contribution in [0.5, 0.6) is 0 Å². The molecule has 0 bridgehead atoms. The van der Waals surface area contributed by atoms with Crippen molar-refractivity contribution in [3.8, 4) is 5.69 Å². The number of carbonyl (C=O) groups excluding carboxylic acids is 1. The molecule has 1 N–H and O–H groups in total. The largest absolute Gasteiger partial charge is 0.456 e. The molecule has 1 unspecified atom stereocenters. The molecule has 0 aliphatic carbocycles. The summed E-state index contributed by atoms with van der Waals surface area (Å²) in [5, 5.41) is 18.0. The molecule has 1 amide bonds.